The molecule has 2 fully saturated rings. The molecule has 3 atom stereocenters. The first kappa shape index (κ1) is 10.4. The van der Waals surface area contributed by atoms with Crippen LogP contribution in [0.3, 0.4) is 0 Å². The van der Waals surface area contributed by atoms with Gasteiger partial charge in [0.05, 0.1) is 5.60 Å². The van der Waals surface area contributed by atoms with Gasteiger partial charge < -0.3 is 4.90 Å². The second-order valence-electron chi connectivity index (χ2n) is 5.58. The molecule has 0 saturated carbocycles. The zero-order chi connectivity index (χ0) is 10.2. The van der Waals surface area contributed by atoms with E-state index in [4.69, 9.17) is 4.84 Å². The maximum Gasteiger partial charge on any atom is 0.0813 e. The van der Waals surface area contributed by atoms with Crippen LogP contribution in [0.5, 0.6) is 0 Å². The van der Waals surface area contributed by atoms with Gasteiger partial charge in [0.1, 0.15) is 0 Å². The Balaban J connectivity index is 1.80. The van der Waals surface area contributed by atoms with Crippen LogP contribution in [0, 0.1) is 5.92 Å². The van der Waals surface area contributed by atoms with E-state index in [1.165, 1.54) is 32.5 Å². The number of nitrogens with zero attached hydrogens (tertiary/aromatic N) is 1. The summed E-state index contributed by atoms with van der Waals surface area (Å²) in [6.45, 7) is 10.1. The Bertz CT molecular complexity index is 200. The number of fused-ring (bicyclic) bond motifs is 2. The summed E-state index contributed by atoms with van der Waals surface area (Å²) < 4.78 is 0. The Morgan fingerprint density at radius 2 is 1.93 bits per heavy atom. The highest BCUT2D eigenvalue weighted by Crippen LogP contribution is 2.27. The van der Waals surface area contributed by atoms with Crippen LogP contribution in [0.1, 0.15) is 33.6 Å². The highest BCUT2D eigenvalue weighted by molar-refractivity contribution is 4.89. The molecule has 1 N–H and O–H groups in total. The van der Waals surface area contributed by atoms with Crippen molar-refractivity contribution in [2.45, 2.75) is 45.3 Å². The molecule has 3 unspecified atom stereocenters. The maximum atomic E-state index is 5.65. The molecule has 2 aliphatic rings. The number of hydrogen-bond acceptors (Lipinski definition) is 3. The number of hydroxylamine groups is 1. The Kier molecular flexibility index (Phi) is 2.82. The average molecular weight is 198 g/mol. The lowest BCUT2D eigenvalue weighted by Crippen LogP contribution is -2.46. The van der Waals surface area contributed by atoms with Gasteiger partial charge in [-0.25, -0.2) is 0 Å². The summed E-state index contributed by atoms with van der Waals surface area (Å²) in [7, 11) is 0. The zero-order valence-corrected chi connectivity index (χ0v) is 9.55. The molecule has 0 aromatic carbocycles. The summed E-state index contributed by atoms with van der Waals surface area (Å²) >= 11 is 0. The van der Waals surface area contributed by atoms with E-state index in [9.17, 15) is 0 Å². The van der Waals surface area contributed by atoms with E-state index >= 15 is 0 Å². The molecule has 14 heavy (non-hydrogen) atoms. The Labute approximate surface area is 86.8 Å². The van der Waals surface area contributed by atoms with Gasteiger partial charge in [0, 0.05) is 12.6 Å². The Hall–Kier alpha value is -0.120. The molecule has 3 heteroatoms. The molecule has 0 aliphatic carbocycles. The van der Waals surface area contributed by atoms with Crippen LogP contribution >= 0.6 is 0 Å². The zero-order valence-electron chi connectivity index (χ0n) is 9.55. The molecular weight excluding hydrogens is 176 g/mol. The lowest BCUT2D eigenvalue weighted by molar-refractivity contribution is -0.1000. The molecule has 2 saturated heterocycles. The van der Waals surface area contributed by atoms with Crippen molar-refractivity contribution < 1.29 is 4.84 Å². The fourth-order valence-corrected chi connectivity index (χ4v) is 2.36. The van der Waals surface area contributed by atoms with Gasteiger partial charge in [-0.3, -0.25) is 4.84 Å². The number of rotatable bonds is 2. The van der Waals surface area contributed by atoms with E-state index in [0.717, 1.165) is 5.92 Å². The molecule has 3 nitrogen and oxygen atoms in total. The predicted molar refractivity (Wildman–Crippen MR) is 56.9 cm³/mol. The van der Waals surface area contributed by atoms with Crippen molar-refractivity contribution in [3.8, 4) is 0 Å². The monoisotopic (exact) mass is 198 g/mol. The minimum atomic E-state index is -0.0737. The Morgan fingerprint density at radius 3 is 2.64 bits per heavy atom. The minimum absolute atomic E-state index is 0.0737. The highest BCUT2D eigenvalue weighted by Gasteiger charge is 2.34. The summed E-state index contributed by atoms with van der Waals surface area (Å²) in [5.74, 6) is 0.811. The summed E-state index contributed by atoms with van der Waals surface area (Å²) in [6, 6.07) is 0.577. The SMILES string of the molecule is CC(C)(C)ONC1CCN2CCC1C2. The van der Waals surface area contributed by atoms with Gasteiger partial charge in [-0.1, -0.05) is 0 Å². The summed E-state index contributed by atoms with van der Waals surface area (Å²) in [5.41, 5.74) is 3.19. The lowest BCUT2D eigenvalue weighted by Gasteiger charge is -2.32. The predicted octanol–water partition coefficient (Wildman–Crippen LogP) is 1.40. The van der Waals surface area contributed by atoms with E-state index in [0.29, 0.717) is 6.04 Å². The van der Waals surface area contributed by atoms with Gasteiger partial charge in [0.2, 0.25) is 0 Å². The van der Waals surface area contributed by atoms with Crippen molar-refractivity contribution in [1.82, 2.24) is 10.4 Å². The third-order valence-electron chi connectivity index (χ3n) is 3.15. The molecule has 0 amide bonds. The fraction of sp³-hybridized carbons (Fsp3) is 1.00. The van der Waals surface area contributed by atoms with Crippen molar-refractivity contribution in [2.75, 3.05) is 19.6 Å². The lowest BCUT2D eigenvalue weighted by atomic mass is 9.95. The average Bonchev–Trinajstić information content (AvgIpc) is 2.46. The summed E-state index contributed by atoms with van der Waals surface area (Å²) in [6.07, 6.45) is 2.58. The standard InChI is InChI=1S/C11H22N2O/c1-11(2,3)14-12-10-5-7-13-6-4-9(10)8-13/h9-10,12H,4-8H2,1-3H3. The first-order valence-corrected chi connectivity index (χ1v) is 5.70. The molecule has 0 aromatic rings. The number of nitrogens with one attached hydrogen (secondary N) is 1. The highest BCUT2D eigenvalue weighted by atomic mass is 16.7. The van der Waals surface area contributed by atoms with Crippen molar-refractivity contribution >= 4 is 0 Å². The quantitative estimate of drug-likeness (QED) is 0.679. The van der Waals surface area contributed by atoms with Crippen molar-refractivity contribution in [3.63, 3.8) is 0 Å². The van der Waals surface area contributed by atoms with Gasteiger partial charge >= 0.3 is 0 Å². The fourth-order valence-electron chi connectivity index (χ4n) is 2.36. The van der Waals surface area contributed by atoms with Crippen LogP contribution in [0.2, 0.25) is 0 Å². The van der Waals surface area contributed by atoms with Crippen molar-refractivity contribution in [2.24, 2.45) is 5.92 Å². The van der Waals surface area contributed by atoms with E-state index in [-0.39, 0.29) is 5.60 Å². The molecule has 2 bridgehead atoms. The van der Waals surface area contributed by atoms with Gasteiger partial charge in [0.25, 0.3) is 0 Å². The number of piperidine rings is 1. The first-order chi connectivity index (χ1) is 6.54. The van der Waals surface area contributed by atoms with Gasteiger partial charge in [-0.2, -0.15) is 5.48 Å². The molecule has 0 radical (unpaired) electrons. The molecule has 82 valence electrons. The normalized spacial score (nSPS) is 37.5. The van der Waals surface area contributed by atoms with Crippen LogP contribution in [-0.2, 0) is 4.84 Å². The second-order valence-corrected chi connectivity index (χ2v) is 5.58. The third kappa shape index (κ3) is 2.47. The van der Waals surface area contributed by atoms with E-state index in [1.807, 2.05) is 0 Å². The largest absolute Gasteiger partial charge is 0.303 e. The molecular formula is C11H22N2O. The molecule has 2 rings (SSSR count). The maximum absolute atomic E-state index is 5.65. The van der Waals surface area contributed by atoms with Crippen LogP contribution in [0.4, 0.5) is 0 Å². The molecule has 0 spiro atoms. The Morgan fingerprint density at radius 1 is 1.21 bits per heavy atom. The minimum Gasteiger partial charge on any atom is -0.303 e. The van der Waals surface area contributed by atoms with Gasteiger partial charge in [-0.15, -0.1) is 0 Å². The van der Waals surface area contributed by atoms with Crippen molar-refractivity contribution in [3.05, 3.63) is 0 Å². The van der Waals surface area contributed by atoms with E-state index in [2.05, 4.69) is 31.2 Å². The van der Waals surface area contributed by atoms with Crippen LogP contribution in [0.25, 0.3) is 0 Å². The van der Waals surface area contributed by atoms with Gasteiger partial charge in [0.15, 0.2) is 0 Å². The molecule has 0 aromatic heterocycles. The van der Waals surface area contributed by atoms with Crippen LogP contribution < -0.4 is 5.48 Å². The first-order valence-electron chi connectivity index (χ1n) is 5.70. The van der Waals surface area contributed by atoms with Crippen LogP contribution in [0.15, 0.2) is 0 Å². The van der Waals surface area contributed by atoms with Gasteiger partial charge in [-0.05, 0) is 52.6 Å². The molecule has 2 heterocycles. The van der Waals surface area contributed by atoms with Crippen molar-refractivity contribution in [1.29, 1.82) is 0 Å². The van der Waals surface area contributed by atoms with E-state index in [1.54, 1.807) is 0 Å². The smallest absolute Gasteiger partial charge is 0.0813 e. The van der Waals surface area contributed by atoms with Crippen LogP contribution in [-0.4, -0.2) is 36.2 Å². The summed E-state index contributed by atoms with van der Waals surface area (Å²) in [4.78, 5) is 8.21. The topological polar surface area (TPSA) is 24.5 Å². The second kappa shape index (κ2) is 3.80. The third-order valence-corrected chi connectivity index (χ3v) is 3.15. The molecule has 2 aliphatic heterocycles. The number of hydrogen-bond donors (Lipinski definition) is 1. The summed E-state index contributed by atoms with van der Waals surface area (Å²) in [5, 5.41) is 0. The van der Waals surface area contributed by atoms with E-state index < -0.39 is 0 Å².